The lowest BCUT2D eigenvalue weighted by atomic mass is 10.1. The van der Waals surface area contributed by atoms with Crippen molar-refractivity contribution in [2.24, 2.45) is 0 Å². The van der Waals surface area contributed by atoms with Crippen LogP contribution in [0, 0.1) is 5.82 Å². The summed E-state index contributed by atoms with van der Waals surface area (Å²) in [5.41, 5.74) is 2.79. The number of nitrogens with zero attached hydrogens (tertiary/aromatic N) is 2. The fourth-order valence-corrected chi connectivity index (χ4v) is 3.57. The Morgan fingerprint density at radius 2 is 1.81 bits per heavy atom. The van der Waals surface area contributed by atoms with Gasteiger partial charge in [-0.2, -0.15) is 0 Å². The van der Waals surface area contributed by atoms with E-state index >= 15 is 0 Å². The van der Waals surface area contributed by atoms with E-state index in [-0.39, 0.29) is 18.5 Å². The van der Waals surface area contributed by atoms with Crippen LogP contribution in [0.4, 0.5) is 10.2 Å². The highest BCUT2D eigenvalue weighted by molar-refractivity contribution is 5.81. The summed E-state index contributed by atoms with van der Waals surface area (Å²) < 4.78 is 19.0. The molecule has 1 aromatic heterocycles. The Morgan fingerprint density at radius 1 is 1.07 bits per heavy atom. The van der Waals surface area contributed by atoms with Gasteiger partial charge >= 0.3 is 0 Å². The number of hydrogen-bond acceptors (Lipinski definition) is 4. The van der Waals surface area contributed by atoms with Gasteiger partial charge < -0.3 is 14.7 Å². The first-order valence-electron chi connectivity index (χ1n) is 9.33. The highest BCUT2D eigenvalue weighted by Gasteiger charge is 2.22. The molecule has 4 nitrogen and oxygen atoms in total. The topological polar surface area (TPSA) is 45.6 Å². The number of anilines is 1. The molecule has 5 heteroatoms. The number of pyridine rings is 1. The molecule has 27 heavy (non-hydrogen) atoms. The molecule has 0 aliphatic carbocycles. The molecule has 0 saturated carbocycles. The van der Waals surface area contributed by atoms with Crippen molar-refractivity contribution in [2.75, 3.05) is 18.0 Å². The lowest BCUT2D eigenvalue weighted by Crippen LogP contribution is -2.38. The Hall–Kier alpha value is -2.50. The summed E-state index contributed by atoms with van der Waals surface area (Å²) in [6, 6.07) is 16.4. The Morgan fingerprint density at radius 3 is 2.56 bits per heavy atom. The molecule has 0 spiro atoms. The Balaban J connectivity index is 1.40. The summed E-state index contributed by atoms with van der Waals surface area (Å²) in [4.78, 5) is 7.02. The van der Waals surface area contributed by atoms with Gasteiger partial charge in [-0.1, -0.05) is 30.3 Å². The van der Waals surface area contributed by atoms with E-state index < -0.39 is 0 Å². The number of aliphatic hydroxyl groups excluding tert-OH is 1. The average Bonchev–Trinajstić information content (AvgIpc) is 2.73. The summed E-state index contributed by atoms with van der Waals surface area (Å²) in [6.07, 6.45) is 1.99. The number of aromatic nitrogens is 1. The molecule has 1 saturated heterocycles. The number of aliphatic hydroxyl groups is 1. The fourth-order valence-electron chi connectivity index (χ4n) is 3.57. The van der Waals surface area contributed by atoms with Crippen LogP contribution >= 0.6 is 0 Å². The molecule has 2 aromatic carbocycles. The van der Waals surface area contributed by atoms with Gasteiger partial charge in [0.25, 0.3) is 0 Å². The zero-order valence-corrected chi connectivity index (χ0v) is 15.1. The standard InChI is InChI=1S/C22H23FN2O2/c23-19-7-5-16(6-8-19)15-27-20-9-11-25(12-10-20)22-18(14-26)13-17-3-1-2-4-21(17)24-22/h1-8,13,20,26H,9-12,14-15H2. The normalized spacial score (nSPS) is 15.4. The van der Waals surface area contributed by atoms with Crippen molar-refractivity contribution in [3.8, 4) is 0 Å². The molecule has 1 aliphatic heterocycles. The molecule has 0 amide bonds. The fraction of sp³-hybridized carbons (Fsp3) is 0.318. The molecule has 140 valence electrons. The molecule has 1 fully saturated rings. The quantitative estimate of drug-likeness (QED) is 0.740. The van der Waals surface area contributed by atoms with Gasteiger partial charge in [0.2, 0.25) is 0 Å². The first kappa shape index (κ1) is 17.9. The molecule has 0 bridgehead atoms. The minimum absolute atomic E-state index is 0.0197. The number of ether oxygens (including phenoxy) is 1. The van der Waals surface area contributed by atoms with Crippen molar-refractivity contribution < 1.29 is 14.2 Å². The van der Waals surface area contributed by atoms with Crippen LogP contribution in [-0.4, -0.2) is 29.3 Å². The number of halogens is 1. The molecule has 4 rings (SSSR count). The predicted octanol–water partition coefficient (Wildman–Crippen LogP) is 4.05. The minimum Gasteiger partial charge on any atom is -0.392 e. The number of fused-ring (bicyclic) bond motifs is 1. The Labute approximate surface area is 158 Å². The van der Waals surface area contributed by atoms with Gasteiger partial charge in [-0.25, -0.2) is 9.37 Å². The van der Waals surface area contributed by atoms with Gasteiger partial charge in [0.05, 0.1) is 24.8 Å². The van der Waals surface area contributed by atoms with Crippen LogP contribution in [-0.2, 0) is 18.0 Å². The summed E-state index contributed by atoms with van der Waals surface area (Å²) in [7, 11) is 0. The van der Waals surface area contributed by atoms with Gasteiger partial charge in [0.15, 0.2) is 0 Å². The van der Waals surface area contributed by atoms with Gasteiger partial charge in [-0.05, 0) is 42.7 Å². The van der Waals surface area contributed by atoms with Crippen LogP contribution in [0.25, 0.3) is 10.9 Å². The third-order valence-corrected chi connectivity index (χ3v) is 5.09. The lowest BCUT2D eigenvalue weighted by molar-refractivity contribution is 0.0250. The molecule has 0 radical (unpaired) electrons. The van der Waals surface area contributed by atoms with Crippen LogP contribution in [0.15, 0.2) is 54.6 Å². The van der Waals surface area contributed by atoms with E-state index in [1.165, 1.54) is 12.1 Å². The maximum absolute atomic E-state index is 13.0. The van der Waals surface area contributed by atoms with Crippen molar-refractivity contribution in [2.45, 2.75) is 32.2 Å². The van der Waals surface area contributed by atoms with Crippen molar-refractivity contribution >= 4 is 16.7 Å². The minimum atomic E-state index is -0.227. The van der Waals surface area contributed by atoms with Crippen LogP contribution < -0.4 is 4.90 Å². The van der Waals surface area contributed by atoms with Crippen LogP contribution in [0.2, 0.25) is 0 Å². The van der Waals surface area contributed by atoms with E-state index in [1.54, 1.807) is 12.1 Å². The first-order valence-corrected chi connectivity index (χ1v) is 9.33. The third kappa shape index (κ3) is 4.10. The maximum Gasteiger partial charge on any atom is 0.134 e. The van der Waals surface area contributed by atoms with Crippen LogP contribution in [0.1, 0.15) is 24.0 Å². The molecular formula is C22H23FN2O2. The largest absolute Gasteiger partial charge is 0.392 e. The zero-order valence-electron chi connectivity index (χ0n) is 15.1. The smallest absolute Gasteiger partial charge is 0.134 e. The van der Waals surface area contributed by atoms with Crippen LogP contribution in [0.5, 0.6) is 0 Å². The summed E-state index contributed by atoms with van der Waals surface area (Å²) in [6.45, 7) is 2.16. The zero-order chi connectivity index (χ0) is 18.6. The summed E-state index contributed by atoms with van der Waals surface area (Å²) in [5, 5.41) is 10.8. The number of rotatable bonds is 5. The van der Waals surface area contributed by atoms with E-state index in [9.17, 15) is 9.50 Å². The molecule has 0 atom stereocenters. The number of benzene rings is 2. The average molecular weight is 366 g/mol. The van der Waals surface area contributed by atoms with Gasteiger partial charge in [-0.3, -0.25) is 0 Å². The number of para-hydroxylation sites is 1. The monoisotopic (exact) mass is 366 g/mol. The van der Waals surface area contributed by atoms with E-state index in [0.717, 1.165) is 53.8 Å². The predicted molar refractivity (Wildman–Crippen MR) is 104 cm³/mol. The Bertz CT molecular complexity index is 906. The van der Waals surface area contributed by atoms with Gasteiger partial charge in [-0.15, -0.1) is 0 Å². The van der Waals surface area contributed by atoms with Crippen molar-refractivity contribution in [1.29, 1.82) is 0 Å². The van der Waals surface area contributed by atoms with E-state index in [1.807, 2.05) is 30.3 Å². The Kier molecular flexibility index (Phi) is 5.32. The highest BCUT2D eigenvalue weighted by Crippen LogP contribution is 2.27. The van der Waals surface area contributed by atoms with Crippen LogP contribution in [0.3, 0.4) is 0 Å². The lowest BCUT2D eigenvalue weighted by Gasteiger charge is -2.33. The third-order valence-electron chi connectivity index (χ3n) is 5.09. The molecular weight excluding hydrogens is 343 g/mol. The first-order chi connectivity index (χ1) is 13.2. The van der Waals surface area contributed by atoms with E-state index in [0.29, 0.717) is 6.61 Å². The molecule has 2 heterocycles. The van der Waals surface area contributed by atoms with Gasteiger partial charge in [0, 0.05) is 24.0 Å². The van der Waals surface area contributed by atoms with E-state index in [4.69, 9.17) is 9.72 Å². The maximum atomic E-state index is 13.0. The molecule has 1 aliphatic rings. The highest BCUT2D eigenvalue weighted by atomic mass is 19.1. The molecule has 1 N–H and O–H groups in total. The van der Waals surface area contributed by atoms with Crippen molar-refractivity contribution in [1.82, 2.24) is 4.98 Å². The second kappa shape index (κ2) is 8.03. The van der Waals surface area contributed by atoms with Gasteiger partial charge in [0.1, 0.15) is 11.6 Å². The second-order valence-corrected chi connectivity index (χ2v) is 6.95. The summed E-state index contributed by atoms with van der Waals surface area (Å²) in [5.74, 6) is 0.641. The number of piperidine rings is 1. The summed E-state index contributed by atoms with van der Waals surface area (Å²) >= 11 is 0. The molecule has 0 unspecified atom stereocenters. The van der Waals surface area contributed by atoms with Crippen molar-refractivity contribution in [3.05, 3.63) is 71.5 Å². The molecule has 3 aromatic rings. The number of hydrogen-bond donors (Lipinski definition) is 1. The van der Waals surface area contributed by atoms with E-state index in [2.05, 4.69) is 4.90 Å². The van der Waals surface area contributed by atoms with Crippen molar-refractivity contribution in [3.63, 3.8) is 0 Å². The SMILES string of the molecule is OCc1cc2ccccc2nc1N1CCC(OCc2ccc(F)cc2)CC1. The second-order valence-electron chi connectivity index (χ2n) is 6.95.